The standard InChI is InChI=1S/C15H22BFN2O2/c1-11-8-18-6-2-3-14(18)10-19(11)9-12-4-5-13(17)7-15(12)16(20)21/h4-5,7,11,14,20-21H,2-3,6,8-10H2,1H3. The van der Waals surface area contributed by atoms with Crippen LogP contribution in [0.4, 0.5) is 4.39 Å². The van der Waals surface area contributed by atoms with E-state index >= 15 is 0 Å². The van der Waals surface area contributed by atoms with Crippen LogP contribution in [0.3, 0.4) is 0 Å². The van der Waals surface area contributed by atoms with Gasteiger partial charge in [-0.3, -0.25) is 9.80 Å². The van der Waals surface area contributed by atoms with Crippen molar-refractivity contribution in [2.45, 2.75) is 38.4 Å². The summed E-state index contributed by atoms with van der Waals surface area (Å²) in [5.74, 6) is -0.435. The van der Waals surface area contributed by atoms with Gasteiger partial charge in [-0.1, -0.05) is 6.07 Å². The Bertz CT molecular complexity index is 514. The lowest BCUT2D eigenvalue weighted by molar-refractivity contribution is 0.0542. The van der Waals surface area contributed by atoms with E-state index in [9.17, 15) is 14.4 Å². The second-order valence-electron chi connectivity index (χ2n) is 6.29. The summed E-state index contributed by atoms with van der Waals surface area (Å²) in [5, 5.41) is 18.9. The summed E-state index contributed by atoms with van der Waals surface area (Å²) in [6.45, 7) is 6.09. The van der Waals surface area contributed by atoms with E-state index in [0.29, 0.717) is 18.6 Å². The van der Waals surface area contributed by atoms with Crippen LogP contribution < -0.4 is 5.46 Å². The summed E-state index contributed by atoms with van der Waals surface area (Å²) in [7, 11) is -1.63. The van der Waals surface area contributed by atoms with E-state index in [4.69, 9.17) is 0 Å². The number of benzene rings is 1. The minimum atomic E-state index is -1.63. The van der Waals surface area contributed by atoms with Crippen LogP contribution in [0, 0.1) is 5.82 Å². The van der Waals surface area contributed by atoms with E-state index in [1.165, 1.54) is 31.5 Å². The van der Waals surface area contributed by atoms with Gasteiger partial charge in [0.05, 0.1) is 0 Å². The Kier molecular flexibility index (Phi) is 4.31. The largest absolute Gasteiger partial charge is 0.488 e. The van der Waals surface area contributed by atoms with Crippen molar-refractivity contribution >= 4 is 12.6 Å². The molecule has 2 unspecified atom stereocenters. The average Bonchev–Trinajstić information content (AvgIpc) is 2.88. The lowest BCUT2D eigenvalue weighted by Gasteiger charge is -2.42. The highest BCUT2D eigenvalue weighted by Gasteiger charge is 2.34. The molecular formula is C15H22BFN2O2. The van der Waals surface area contributed by atoms with Crippen LogP contribution in [-0.2, 0) is 6.54 Å². The van der Waals surface area contributed by atoms with Gasteiger partial charge in [-0.2, -0.15) is 0 Å². The van der Waals surface area contributed by atoms with Crippen LogP contribution in [0.5, 0.6) is 0 Å². The van der Waals surface area contributed by atoms with E-state index in [-0.39, 0.29) is 5.46 Å². The SMILES string of the molecule is CC1CN2CCCC2CN1Cc1ccc(F)cc1B(O)O. The van der Waals surface area contributed by atoms with Crippen molar-refractivity contribution in [1.29, 1.82) is 0 Å². The van der Waals surface area contributed by atoms with Crippen molar-refractivity contribution < 1.29 is 14.4 Å². The van der Waals surface area contributed by atoms with Gasteiger partial charge >= 0.3 is 7.12 Å². The van der Waals surface area contributed by atoms with E-state index in [0.717, 1.165) is 18.7 Å². The van der Waals surface area contributed by atoms with Crippen LogP contribution in [0.1, 0.15) is 25.3 Å². The van der Waals surface area contributed by atoms with E-state index in [2.05, 4.69) is 16.7 Å². The molecule has 0 aliphatic carbocycles. The van der Waals surface area contributed by atoms with Gasteiger partial charge in [0.15, 0.2) is 0 Å². The molecule has 2 fully saturated rings. The van der Waals surface area contributed by atoms with Crippen molar-refractivity contribution in [3.63, 3.8) is 0 Å². The molecule has 3 rings (SSSR count). The molecule has 2 heterocycles. The van der Waals surface area contributed by atoms with Crippen molar-refractivity contribution in [3.8, 4) is 0 Å². The molecule has 4 nitrogen and oxygen atoms in total. The molecule has 2 N–H and O–H groups in total. The molecule has 2 aliphatic rings. The Balaban J connectivity index is 1.76. The smallest absolute Gasteiger partial charge is 0.423 e. The van der Waals surface area contributed by atoms with Gasteiger partial charge in [-0.05, 0) is 49.5 Å². The van der Waals surface area contributed by atoms with Crippen LogP contribution in [0.25, 0.3) is 0 Å². The maximum atomic E-state index is 13.3. The molecule has 0 amide bonds. The fourth-order valence-corrected chi connectivity index (χ4v) is 3.64. The third-order valence-electron chi connectivity index (χ3n) is 4.83. The van der Waals surface area contributed by atoms with Crippen LogP contribution >= 0.6 is 0 Å². The minimum absolute atomic E-state index is 0.274. The summed E-state index contributed by atoms with van der Waals surface area (Å²) in [6, 6.07) is 5.31. The van der Waals surface area contributed by atoms with E-state index < -0.39 is 12.9 Å². The second kappa shape index (κ2) is 6.05. The Labute approximate surface area is 125 Å². The van der Waals surface area contributed by atoms with Gasteiger partial charge < -0.3 is 10.0 Å². The third-order valence-corrected chi connectivity index (χ3v) is 4.83. The summed E-state index contributed by atoms with van der Waals surface area (Å²) >= 11 is 0. The van der Waals surface area contributed by atoms with Gasteiger partial charge in [0.1, 0.15) is 5.82 Å². The second-order valence-corrected chi connectivity index (χ2v) is 6.29. The fraction of sp³-hybridized carbons (Fsp3) is 0.600. The molecule has 2 saturated heterocycles. The first kappa shape index (κ1) is 15.0. The summed E-state index contributed by atoms with van der Waals surface area (Å²) in [6.07, 6.45) is 2.50. The number of rotatable bonds is 3. The molecule has 0 bridgehead atoms. The lowest BCUT2D eigenvalue weighted by Crippen LogP contribution is -2.54. The zero-order valence-corrected chi connectivity index (χ0v) is 12.4. The predicted molar refractivity (Wildman–Crippen MR) is 80.7 cm³/mol. The molecule has 2 aliphatic heterocycles. The average molecular weight is 292 g/mol. The maximum Gasteiger partial charge on any atom is 0.488 e. The van der Waals surface area contributed by atoms with Gasteiger partial charge in [0, 0.05) is 31.7 Å². The van der Waals surface area contributed by atoms with E-state index in [1.807, 2.05) is 0 Å². The molecule has 1 aromatic carbocycles. The van der Waals surface area contributed by atoms with Crippen molar-refractivity contribution in [3.05, 3.63) is 29.6 Å². The highest BCUT2D eigenvalue weighted by Crippen LogP contribution is 2.25. The molecule has 0 saturated carbocycles. The Morgan fingerprint density at radius 1 is 1.33 bits per heavy atom. The zero-order chi connectivity index (χ0) is 15.0. The molecule has 1 aromatic rings. The zero-order valence-electron chi connectivity index (χ0n) is 12.4. The molecule has 6 heteroatoms. The molecular weight excluding hydrogens is 270 g/mol. The Morgan fingerprint density at radius 2 is 2.14 bits per heavy atom. The first-order valence-corrected chi connectivity index (χ1v) is 7.67. The predicted octanol–water partition coefficient (Wildman–Crippen LogP) is 0.174. The van der Waals surface area contributed by atoms with Crippen molar-refractivity contribution in [1.82, 2.24) is 9.80 Å². The number of piperazine rings is 1. The van der Waals surface area contributed by atoms with Gasteiger partial charge in [-0.25, -0.2) is 4.39 Å². The Morgan fingerprint density at radius 3 is 2.90 bits per heavy atom. The summed E-state index contributed by atoms with van der Waals surface area (Å²) in [4.78, 5) is 4.92. The molecule has 114 valence electrons. The highest BCUT2D eigenvalue weighted by atomic mass is 19.1. The molecule has 2 atom stereocenters. The maximum absolute atomic E-state index is 13.3. The summed E-state index contributed by atoms with van der Waals surface area (Å²) < 4.78 is 13.3. The van der Waals surface area contributed by atoms with Gasteiger partial charge in [-0.15, -0.1) is 0 Å². The monoisotopic (exact) mass is 292 g/mol. The van der Waals surface area contributed by atoms with E-state index in [1.54, 1.807) is 6.07 Å². The van der Waals surface area contributed by atoms with Crippen LogP contribution in [-0.4, -0.2) is 58.7 Å². The number of nitrogens with zero attached hydrogens (tertiary/aromatic N) is 2. The molecule has 0 aromatic heterocycles. The van der Waals surface area contributed by atoms with Crippen molar-refractivity contribution in [2.24, 2.45) is 0 Å². The number of fused-ring (bicyclic) bond motifs is 1. The lowest BCUT2D eigenvalue weighted by atomic mass is 9.76. The number of halogens is 1. The Hall–Kier alpha value is -0.945. The number of hydrogen-bond acceptors (Lipinski definition) is 4. The number of hydrogen-bond donors (Lipinski definition) is 2. The first-order valence-electron chi connectivity index (χ1n) is 7.67. The van der Waals surface area contributed by atoms with Gasteiger partial charge in [0.25, 0.3) is 0 Å². The van der Waals surface area contributed by atoms with Crippen LogP contribution in [0.2, 0.25) is 0 Å². The minimum Gasteiger partial charge on any atom is -0.423 e. The molecule has 0 radical (unpaired) electrons. The quantitative estimate of drug-likeness (QED) is 0.780. The first-order chi connectivity index (χ1) is 10.0. The van der Waals surface area contributed by atoms with Gasteiger partial charge in [0.2, 0.25) is 0 Å². The topological polar surface area (TPSA) is 46.9 Å². The molecule has 21 heavy (non-hydrogen) atoms. The highest BCUT2D eigenvalue weighted by molar-refractivity contribution is 6.59. The summed E-state index contributed by atoms with van der Waals surface area (Å²) in [5.41, 5.74) is 1.07. The van der Waals surface area contributed by atoms with Crippen LogP contribution in [0.15, 0.2) is 18.2 Å². The van der Waals surface area contributed by atoms with Crippen molar-refractivity contribution in [2.75, 3.05) is 19.6 Å². The normalized spacial score (nSPS) is 26.9. The third kappa shape index (κ3) is 3.13. The molecule has 0 spiro atoms. The fourth-order valence-electron chi connectivity index (χ4n) is 3.64.